The fraction of sp³-hybridized carbons (Fsp3) is 0.100. The molecule has 3 rings (SSSR count). The van der Waals surface area contributed by atoms with E-state index < -0.39 is 0 Å². The number of benzene rings is 2. The zero-order chi connectivity index (χ0) is 16.2. The SMILES string of the molecule is C/C=C/c1ccc(C(=O)Nc2cccc3cnc(C)cc23)cc1. The van der Waals surface area contributed by atoms with E-state index in [4.69, 9.17) is 0 Å². The molecule has 3 aromatic rings. The molecule has 0 aliphatic carbocycles. The van der Waals surface area contributed by atoms with E-state index >= 15 is 0 Å². The molecule has 0 saturated carbocycles. The van der Waals surface area contributed by atoms with Gasteiger partial charge in [-0.25, -0.2) is 0 Å². The first-order chi connectivity index (χ1) is 11.2. The van der Waals surface area contributed by atoms with Crippen LogP contribution in [0.1, 0.15) is 28.5 Å². The number of nitrogens with one attached hydrogen (secondary N) is 1. The van der Waals surface area contributed by atoms with Gasteiger partial charge in [0, 0.05) is 33.9 Å². The van der Waals surface area contributed by atoms with Gasteiger partial charge in [-0.3, -0.25) is 9.78 Å². The van der Waals surface area contributed by atoms with Crippen LogP contribution in [-0.4, -0.2) is 10.9 Å². The van der Waals surface area contributed by atoms with E-state index in [2.05, 4.69) is 10.3 Å². The van der Waals surface area contributed by atoms with Crippen molar-refractivity contribution in [3.8, 4) is 0 Å². The van der Waals surface area contributed by atoms with Crippen LogP contribution < -0.4 is 5.32 Å². The predicted octanol–water partition coefficient (Wildman–Crippen LogP) is 4.83. The minimum absolute atomic E-state index is 0.112. The molecule has 1 amide bonds. The van der Waals surface area contributed by atoms with Crippen LogP contribution in [-0.2, 0) is 0 Å². The molecule has 0 atom stereocenters. The van der Waals surface area contributed by atoms with Gasteiger partial charge in [0.1, 0.15) is 0 Å². The van der Waals surface area contributed by atoms with Crippen LogP contribution in [0, 0.1) is 6.92 Å². The summed E-state index contributed by atoms with van der Waals surface area (Å²) in [7, 11) is 0. The van der Waals surface area contributed by atoms with Crippen molar-refractivity contribution in [3.63, 3.8) is 0 Å². The van der Waals surface area contributed by atoms with Gasteiger partial charge in [0.25, 0.3) is 5.91 Å². The Hall–Kier alpha value is -2.94. The van der Waals surface area contributed by atoms with E-state index in [9.17, 15) is 4.79 Å². The van der Waals surface area contributed by atoms with Crippen molar-refractivity contribution in [3.05, 3.63) is 77.6 Å². The second-order valence-corrected chi connectivity index (χ2v) is 5.43. The fourth-order valence-corrected chi connectivity index (χ4v) is 2.52. The van der Waals surface area contributed by atoms with Crippen LogP contribution >= 0.6 is 0 Å². The number of anilines is 1. The number of aromatic nitrogens is 1. The largest absolute Gasteiger partial charge is 0.321 e. The van der Waals surface area contributed by atoms with Gasteiger partial charge in [-0.15, -0.1) is 0 Å². The van der Waals surface area contributed by atoms with Crippen LogP contribution in [0.2, 0.25) is 0 Å². The average molecular weight is 302 g/mol. The van der Waals surface area contributed by atoms with Gasteiger partial charge < -0.3 is 5.32 Å². The van der Waals surface area contributed by atoms with E-state index in [0.717, 1.165) is 27.7 Å². The monoisotopic (exact) mass is 302 g/mol. The average Bonchev–Trinajstić information content (AvgIpc) is 2.56. The van der Waals surface area contributed by atoms with Crippen molar-refractivity contribution in [2.75, 3.05) is 5.32 Å². The molecule has 1 heterocycles. The molecule has 0 aliphatic heterocycles. The lowest BCUT2D eigenvalue weighted by molar-refractivity contribution is 0.102. The third-order valence-corrected chi connectivity index (χ3v) is 3.68. The Bertz CT molecular complexity index is 880. The summed E-state index contributed by atoms with van der Waals surface area (Å²) >= 11 is 0. The van der Waals surface area contributed by atoms with E-state index in [1.807, 2.05) is 80.7 Å². The number of allylic oxidation sites excluding steroid dienone is 1. The van der Waals surface area contributed by atoms with Crippen molar-refractivity contribution in [2.45, 2.75) is 13.8 Å². The summed E-state index contributed by atoms with van der Waals surface area (Å²) in [5.74, 6) is -0.112. The van der Waals surface area contributed by atoms with Crippen LogP contribution in [0.5, 0.6) is 0 Å². The number of carbonyl (C=O) groups is 1. The number of aryl methyl sites for hydroxylation is 1. The van der Waals surface area contributed by atoms with Gasteiger partial charge >= 0.3 is 0 Å². The lowest BCUT2D eigenvalue weighted by Gasteiger charge is -2.09. The molecule has 114 valence electrons. The number of pyridine rings is 1. The Morgan fingerprint density at radius 1 is 1.13 bits per heavy atom. The summed E-state index contributed by atoms with van der Waals surface area (Å²) in [5.41, 5.74) is 3.45. The van der Waals surface area contributed by atoms with E-state index in [1.54, 1.807) is 0 Å². The number of carbonyl (C=O) groups excluding carboxylic acids is 1. The fourth-order valence-electron chi connectivity index (χ4n) is 2.52. The maximum Gasteiger partial charge on any atom is 0.255 e. The maximum atomic E-state index is 12.5. The highest BCUT2D eigenvalue weighted by Gasteiger charge is 2.08. The van der Waals surface area contributed by atoms with Crippen molar-refractivity contribution in [2.24, 2.45) is 0 Å². The molecule has 0 spiro atoms. The molecule has 0 radical (unpaired) electrons. The Balaban J connectivity index is 1.89. The Kier molecular flexibility index (Phi) is 4.20. The molecular formula is C20H18N2O. The highest BCUT2D eigenvalue weighted by molar-refractivity contribution is 6.09. The van der Waals surface area contributed by atoms with Gasteiger partial charge in [0.2, 0.25) is 0 Å². The minimum atomic E-state index is -0.112. The van der Waals surface area contributed by atoms with Crippen LogP contribution in [0.25, 0.3) is 16.8 Å². The van der Waals surface area contributed by atoms with Crippen molar-refractivity contribution in [1.82, 2.24) is 4.98 Å². The Labute approximate surface area is 135 Å². The first kappa shape index (κ1) is 15.0. The summed E-state index contributed by atoms with van der Waals surface area (Å²) in [4.78, 5) is 16.8. The molecule has 23 heavy (non-hydrogen) atoms. The lowest BCUT2D eigenvalue weighted by Crippen LogP contribution is -2.12. The third-order valence-electron chi connectivity index (χ3n) is 3.68. The van der Waals surface area contributed by atoms with Gasteiger partial charge in [0.15, 0.2) is 0 Å². The first-order valence-corrected chi connectivity index (χ1v) is 7.57. The molecule has 3 nitrogen and oxygen atoms in total. The zero-order valence-corrected chi connectivity index (χ0v) is 13.2. The van der Waals surface area contributed by atoms with Crippen LogP contribution in [0.3, 0.4) is 0 Å². The minimum Gasteiger partial charge on any atom is -0.321 e. The summed E-state index contributed by atoms with van der Waals surface area (Å²) in [5, 5.41) is 5.01. The maximum absolute atomic E-state index is 12.5. The lowest BCUT2D eigenvalue weighted by atomic mass is 10.1. The molecule has 0 aliphatic rings. The van der Waals surface area contributed by atoms with Crippen molar-refractivity contribution < 1.29 is 4.79 Å². The molecule has 0 bridgehead atoms. The number of amides is 1. The summed E-state index contributed by atoms with van der Waals surface area (Å²) in [6, 6.07) is 15.4. The van der Waals surface area contributed by atoms with E-state index in [0.29, 0.717) is 5.56 Å². The number of rotatable bonds is 3. The zero-order valence-electron chi connectivity index (χ0n) is 13.2. The molecule has 1 N–H and O–H groups in total. The predicted molar refractivity (Wildman–Crippen MR) is 95.6 cm³/mol. The van der Waals surface area contributed by atoms with Gasteiger partial charge in [0.05, 0.1) is 0 Å². The first-order valence-electron chi connectivity index (χ1n) is 7.57. The Morgan fingerprint density at radius 3 is 2.65 bits per heavy atom. The number of fused-ring (bicyclic) bond motifs is 1. The second kappa shape index (κ2) is 6.44. The van der Waals surface area contributed by atoms with Crippen LogP contribution in [0.15, 0.2) is 60.8 Å². The van der Waals surface area contributed by atoms with Crippen molar-refractivity contribution >= 4 is 28.4 Å². The number of nitrogens with zero attached hydrogens (tertiary/aromatic N) is 1. The normalized spacial score (nSPS) is 11.0. The molecular weight excluding hydrogens is 284 g/mol. The summed E-state index contributed by atoms with van der Waals surface area (Å²) in [6.07, 6.45) is 5.80. The van der Waals surface area contributed by atoms with Gasteiger partial charge in [-0.05, 0) is 43.7 Å². The van der Waals surface area contributed by atoms with Gasteiger partial charge in [-0.1, -0.05) is 36.4 Å². The Morgan fingerprint density at radius 2 is 1.91 bits per heavy atom. The summed E-state index contributed by atoms with van der Waals surface area (Å²) in [6.45, 7) is 3.91. The molecule has 0 unspecified atom stereocenters. The summed E-state index contributed by atoms with van der Waals surface area (Å²) < 4.78 is 0. The molecule has 3 heteroatoms. The second-order valence-electron chi connectivity index (χ2n) is 5.43. The highest BCUT2D eigenvalue weighted by Crippen LogP contribution is 2.24. The molecule has 0 fully saturated rings. The smallest absolute Gasteiger partial charge is 0.255 e. The number of hydrogen-bond acceptors (Lipinski definition) is 2. The molecule has 0 saturated heterocycles. The molecule has 1 aromatic heterocycles. The van der Waals surface area contributed by atoms with Crippen molar-refractivity contribution in [1.29, 1.82) is 0 Å². The van der Waals surface area contributed by atoms with E-state index in [-0.39, 0.29) is 5.91 Å². The molecule has 2 aromatic carbocycles. The highest BCUT2D eigenvalue weighted by atomic mass is 16.1. The standard InChI is InChI=1S/C20H18N2O/c1-3-5-15-8-10-16(11-9-15)20(23)22-19-7-4-6-17-13-21-14(2)12-18(17)19/h3-13H,1-2H3,(H,22,23)/b5-3+. The van der Waals surface area contributed by atoms with E-state index in [1.165, 1.54) is 0 Å². The van der Waals surface area contributed by atoms with Crippen LogP contribution in [0.4, 0.5) is 5.69 Å². The number of hydrogen-bond donors (Lipinski definition) is 1. The quantitative estimate of drug-likeness (QED) is 0.753. The third kappa shape index (κ3) is 3.29. The topological polar surface area (TPSA) is 42.0 Å². The van der Waals surface area contributed by atoms with Gasteiger partial charge in [-0.2, -0.15) is 0 Å².